The molecule has 2 saturated carbocycles. The summed E-state index contributed by atoms with van der Waals surface area (Å²) >= 11 is 0. The van der Waals surface area contributed by atoms with Crippen molar-refractivity contribution in [1.82, 2.24) is 14.9 Å². The highest BCUT2D eigenvalue weighted by molar-refractivity contribution is 7.89. The summed E-state index contributed by atoms with van der Waals surface area (Å²) in [7, 11) is -4.01. The molecule has 7 nitrogen and oxygen atoms in total. The summed E-state index contributed by atoms with van der Waals surface area (Å²) < 4.78 is 92.9. The molecule has 1 atom stereocenters. The number of sulfonamides is 1. The number of fused-ring (bicyclic) bond motifs is 1. The molecule has 1 aliphatic heterocycles. The van der Waals surface area contributed by atoms with Gasteiger partial charge in [-0.15, -0.1) is 0 Å². The Morgan fingerprint density at radius 3 is 2.30 bits per heavy atom. The summed E-state index contributed by atoms with van der Waals surface area (Å²) in [5, 5.41) is 5.39. The lowest BCUT2D eigenvalue weighted by Crippen LogP contribution is -2.52. The molecule has 1 heterocycles. The van der Waals surface area contributed by atoms with Crippen molar-refractivity contribution >= 4 is 21.8 Å². The molecule has 216 valence electrons. The van der Waals surface area contributed by atoms with Gasteiger partial charge in [-0.1, -0.05) is 42.5 Å². The number of hydrogen-bond donors (Lipinski definition) is 2. The van der Waals surface area contributed by atoms with Gasteiger partial charge >= 0.3 is 6.18 Å². The number of aliphatic imine (C=N–C) groups is 1. The maximum absolute atomic E-state index is 13.9. The van der Waals surface area contributed by atoms with Crippen LogP contribution < -0.4 is 10.6 Å². The third-order valence-electron chi connectivity index (χ3n) is 8.01. The van der Waals surface area contributed by atoms with Crippen molar-refractivity contribution in [3.63, 3.8) is 0 Å². The molecule has 13 heteroatoms. The Morgan fingerprint density at radius 2 is 1.73 bits per heavy atom. The second-order valence-corrected chi connectivity index (χ2v) is 13.0. The third-order valence-corrected chi connectivity index (χ3v) is 9.93. The molecule has 2 aromatic carbocycles. The normalized spacial score (nSPS) is 26.7. The number of amidine groups is 1. The van der Waals surface area contributed by atoms with Crippen molar-refractivity contribution in [3.05, 3.63) is 65.7 Å². The maximum atomic E-state index is 13.9. The van der Waals surface area contributed by atoms with Crippen molar-refractivity contribution in [2.45, 2.75) is 74.3 Å². The lowest BCUT2D eigenvalue weighted by molar-refractivity contribution is -0.136. The molecule has 0 bridgehead atoms. The Hall–Kier alpha value is -3.06. The van der Waals surface area contributed by atoms with Gasteiger partial charge in [-0.3, -0.25) is 9.79 Å². The largest absolute Gasteiger partial charge is 0.390 e. The van der Waals surface area contributed by atoms with Crippen LogP contribution in [0.3, 0.4) is 0 Å². The van der Waals surface area contributed by atoms with E-state index in [-0.39, 0.29) is 17.0 Å². The van der Waals surface area contributed by atoms with Crippen molar-refractivity contribution in [3.8, 4) is 0 Å². The standard InChI is InChI=1S/C27H29F5N4O3S/c1-24(2)20(22(37)33-13-12-27(30,31)32)34-23(35-24)25-15-26(25,16-25)36(40(38,39)19-6-4-3-5-7-19)14-17-8-10-18(11-9-17)21(28)29/h3-11,20-21H,12-16H2,1-2H3,(H,33,37)(H,34,35)/t20-,25?,26?/m0/s1. The summed E-state index contributed by atoms with van der Waals surface area (Å²) in [5.41, 5.74) is -2.10. The first-order valence-corrected chi connectivity index (χ1v) is 14.2. The van der Waals surface area contributed by atoms with Crippen LogP contribution in [0.15, 0.2) is 64.5 Å². The van der Waals surface area contributed by atoms with Crippen LogP contribution in [0.4, 0.5) is 22.0 Å². The summed E-state index contributed by atoms with van der Waals surface area (Å²) in [6.45, 7) is 2.76. The Morgan fingerprint density at radius 1 is 1.10 bits per heavy atom. The fourth-order valence-electron chi connectivity index (χ4n) is 5.54. The van der Waals surface area contributed by atoms with Crippen molar-refractivity contribution in [2.75, 3.05) is 6.54 Å². The van der Waals surface area contributed by atoms with Crippen molar-refractivity contribution in [1.29, 1.82) is 0 Å². The second-order valence-electron chi connectivity index (χ2n) is 11.2. The minimum absolute atomic E-state index is 0.0550. The zero-order chi connectivity index (χ0) is 29.1. The van der Waals surface area contributed by atoms with Crippen LogP contribution in [0.1, 0.15) is 50.7 Å². The van der Waals surface area contributed by atoms with E-state index in [1.807, 2.05) is 0 Å². The molecule has 0 spiro atoms. The predicted molar refractivity (Wildman–Crippen MR) is 137 cm³/mol. The number of alkyl halides is 5. The number of nitrogens with zero attached hydrogens (tertiary/aromatic N) is 2. The van der Waals surface area contributed by atoms with Gasteiger partial charge in [0.05, 0.1) is 27.8 Å². The summed E-state index contributed by atoms with van der Waals surface area (Å²) in [6.07, 6.45) is -7.33. The van der Waals surface area contributed by atoms with Gasteiger partial charge in [-0.25, -0.2) is 17.2 Å². The summed E-state index contributed by atoms with van der Waals surface area (Å²) in [5.74, 6) is -0.168. The molecule has 0 aromatic heterocycles. The highest BCUT2D eigenvalue weighted by Gasteiger charge is 2.90. The fraction of sp³-hybridized carbons (Fsp3) is 0.481. The zero-order valence-corrected chi connectivity index (χ0v) is 22.6. The minimum atomic E-state index is -4.40. The molecule has 0 radical (unpaired) electrons. The van der Waals surface area contributed by atoms with E-state index in [1.165, 1.54) is 40.7 Å². The molecule has 40 heavy (non-hydrogen) atoms. The SMILES string of the molecule is CC1(C)N=C(C23CC2(N(Cc2ccc(C(F)F)cc2)S(=O)(=O)c2ccccc2)C3)N[C@H]1C(=O)NCCC(F)(F)F. The number of benzene rings is 2. The zero-order valence-electron chi connectivity index (χ0n) is 21.8. The summed E-state index contributed by atoms with van der Waals surface area (Å²) in [4.78, 5) is 17.5. The Balaban J connectivity index is 1.39. The second kappa shape index (κ2) is 9.51. The van der Waals surface area contributed by atoms with Crippen LogP contribution in [0.5, 0.6) is 0 Å². The third kappa shape index (κ3) is 4.98. The fourth-order valence-corrected chi connectivity index (χ4v) is 7.38. The van der Waals surface area contributed by atoms with E-state index in [2.05, 4.69) is 10.6 Å². The highest BCUT2D eigenvalue weighted by atomic mass is 32.2. The summed E-state index contributed by atoms with van der Waals surface area (Å²) in [6, 6.07) is 12.5. The lowest BCUT2D eigenvalue weighted by Gasteiger charge is -2.25. The Bertz CT molecular complexity index is 1420. The van der Waals surface area contributed by atoms with Gasteiger partial charge in [-0.05, 0) is 44.4 Å². The molecule has 1 amide bonds. The molecule has 2 aliphatic carbocycles. The molecule has 5 rings (SSSR count). The number of hydrogen-bond acceptors (Lipinski definition) is 5. The van der Waals surface area contributed by atoms with Crippen LogP contribution in [0, 0.1) is 5.41 Å². The van der Waals surface area contributed by atoms with E-state index < -0.39 is 64.0 Å². The first-order chi connectivity index (χ1) is 18.6. The van der Waals surface area contributed by atoms with Crippen LogP contribution in [0.2, 0.25) is 0 Å². The van der Waals surface area contributed by atoms with E-state index in [9.17, 15) is 35.2 Å². The van der Waals surface area contributed by atoms with Gasteiger partial charge in [0, 0.05) is 18.7 Å². The van der Waals surface area contributed by atoms with E-state index in [0.717, 1.165) is 0 Å². The van der Waals surface area contributed by atoms with Crippen molar-refractivity contribution < 1.29 is 35.2 Å². The molecule has 2 fully saturated rings. The number of amides is 1. The molecule has 0 unspecified atom stereocenters. The van der Waals surface area contributed by atoms with Crippen LogP contribution in [-0.2, 0) is 21.4 Å². The number of carbonyl (C=O) groups is 1. The van der Waals surface area contributed by atoms with E-state index in [0.29, 0.717) is 24.2 Å². The van der Waals surface area contributed by atoms with Gasteiger partial charge < -0.3 is 10.6 Å². The average Bonchev–Trinajstić information content (AvgIpc) is 3.68. The van der Waals surface area contributed by atoms with Crippen molar-refractivity contribution in [2.24, 2.45) is 10.4 Å². The Kier molecular flexibility index (Phi) is 6.77. The van der Waals surface area contributed by atoms with Crippen LogP contribution in [0.25, 0.3) is 0 Å². The smallest absolute Gasteiger partial charge is 0.360 e. The first-order valence-electron chi connectivity index (χ1n) is 12.8. The Labute approximate surface area is 228 Å². The number of nitrogens with one attached hydrogen (secondary N) is 2. The van der Waals surface area contributed by atoms with Gasteiger partial charge in [0.2, 0.25) is 15.9 Å². The quantitative estimate of drug-likeness (QED) is 0.401. The maximum Gasteiger partial charge on any atom is 0.390 e. The van der Waals surface area contributed by atoms with Gasteiger partial charge in [-0.2, -0.15) is 17.5 Å². The van der Waals surface area contributed by atoms with Gasteiger partial charge in [0.25, 0.3) is 6.43 Å². The number of carbonyl (C=O) groups excluding carboxylic acids is 1. The van der Waals surface area contributed by atoms with Gasteiger partial charge in [0.15, 0.2) is 0 Å². The molecular weight excluding hydrogens is 555 g/mol. The highest BCUT2D eigenvalue weighted by Crippen LogP contribution is 2.83. The topological polar surface area (TPSA) is 90.9 Å². The minimum Gasteiger partial charge on any atom is -0.360 e. The number of rotatable bonds is 10. The molecular formula is C27H29F5N4O3S. The molecule has 0 saturated heterocycles. The van der Waals surface area contributed by atoms with E-state index in [4.69, 9.17) is 4.99 Å². The van der Waals surface area contributed by atoms with E-state index in [1.54, 1.807) is 32.0 Å². The van der Waals surface area contributed by atoms with Gasteiger partial charge in [0.1, 0.15) is 11.9 Å². The molecule has 3 aliphatic rings. The predicted octanol–water partition coefficient (Wildman–Crippen LogP) is 4.57. The molecule has 2 aromatic rings. The van der Waals surface area contributed by atoms with Crippen LogP contribution >= 0.6 is 0 Å². The van der Waals surface area contributed by atoms with Crippen LogP contribution in [-0.4, -0.2) is 54.3 Å². The molecule has 2 N–H and O–H groups in total. The van der Waals surface area contributed by atoms with E-state index >= 15 is 0 Å². The lowest BCUT2D eigenvalue weighted by atomic mass is 9.96. The average molecular weight is 585 g/mol. The monoisotopic (exact) mass is 584 g/mol. The first kappa shape index (κ1) is 28.5. The number of halogens is 5.